The predicted octanol–water partition coefficient (Wildman–Crippen LogP) is 4.04. The van der Waals surface area contributed by atoms with Crippen LogP contribution in [-0.4, -0.2) is 36.4 Å². The maximum absolute atomic E-state index is 13.2. The van der Waals surface area contributed by atoms with Crippen LogP contribution in [0.4, 0.5) is 0 Å². The molecule has 30 heavy (non-hydrogen) atoms. The van der Waals surface area contributed by atoms with Gasteiger partial charge in [0.05, 0.1) is 13.5 Å². The first-order valence-corrected chi connectivity index (χ1v) is 10.5. The molecule has 0 aliphatic rings. The summed E-state index contributed by atoms with van der Waals surface area (Å²) < 4.78 is 5.22. The molecule has 1 N–H and O–H groups in total. The maximum atomic E-state index is 13.2. The molecule has 0 aromatic heterocycles. The first-order chi connectivity index (χ1) is 14.2. The van der Waals surface area contributed by atoms with Gasteiger partial charge in [-0.3, -0.25) is 9.59 Å². The zero-order valence-corrected chi connectivity index (χ0v) is 19.0. The van der Waals surface area contributed by atoms with Gasteiger partial charge in [0.1, 0.15) is 11.8 Å². The van der Waals surface area contributed by atoms with E-state index in [0.717, 1.165) is 22.4 Å². The number of carbonyl (C=O) groups is 2. The lowest BCUT2D eigenvalue weighted by molar-refractivity contribution is -0.140. The Kier molecular flexibility index (Phi) is 8.46. The molecule has 1 atom stereocenters. The van der Waals surface area contributed by atoms with Crippen molar-refractivity contribution in [3.63, 3.8) is 0 Å². The Bertz CT molecular complexity index is 859. The molecule has 0 saturated heterocycles. The summed E-state index contributed by atoms with van der Waals surface area (Å²) in [6, 6.07) is 13.1. The molecule has 2 aromatic rings. The maximum Gasteiger partial charge on any atom is 0.242 e. The molecule has 0 bridgehead atoms. The Hall–Kier alpha value is -2.82. The van der Waals surface area contributed by atoms with E-state index in [-0.39, 0.29) is 18.2 Å². The van der Waals surface area contributed by atoms with E-state index in [0.29, 0.717) is 19.0 Å². The minimum atomic E-state index is -0.565. The average molecular weight is 411 g/mol. The molecule has 5 heteroatoms. The zero-order chi connectivity index (χ0) is 22.3. The predicted molar refractivity (Wildman–Crippen MR) is 120 cm³/mol. The van der Waals surface area contributed by atoms with Crippen molar-refractivity contribution in [1.82, 2.24) is 10.2 Å². The number of hydrogen-bond donors (Lipinski definition) is 1. The molecule has 0 radical (unpaired) electrons. The van der Waals surface area contributed by atoms with Gasteiger partial charge in [-0.25, -0.2) is 0 Å². The summed E-state index contributed by atoms with van der Waals surface area (Å²) in [5.74, 6) is 0.906. The zero-order valence-electron chi connectivity index (χ0n) is 19.0. The van der Waals surface area contributed by atoms with Crippen molar-refractivity contribution in [1.29, 1.82) is 0 Å². The van der Waals surface area contributed by atoms with Crippen molar-refractivity contribution in [3.8, 4) is 5.75 Å². The van der Waals surface area contributed by atoms with E-state index in [1.807, 2.05) is 63.2 Å². The van der Waals surface area contributed by atoms with Gasteiger partial charge in [0.25, 0.3) is 0 Å². The summed E-state index contributed by atoms with van der Waals surface area (Å²) in [5, 5.41) is 2.95. The Morgan fingerprint density at radius 3 is 2.17 bits per heavy atom. The molecule has 5 nitrogen and oxygen atoms in total. The van der Waals surface area contributed by atoms with Gasteiger partial charge in [0, 0.05) is 13.1 Å². The molecule has 2 aromatic carbocycles. The standard InChI is InChI=1S/C25H34N2O3/c1-17(2)15-26-25(29)20(5)27(16-21-9-11-23(30-6)12-10-21)24(28)14-22-8-7-18(3)19(4)13-22/h7-13,17,20H,14-16H2,1-6H3,(H,26,29)/t20-/m0/s1. The number of amides is 2. The van der Waals surface area contributed by atoms with Crippen molar-refractivity contribution in [2.24, 2.45) is 5.92 Å². The summed E-state index contributed by atoms with van der Waals surface area (Å²) >= 11 is 0. The van der Waals surface area contributed by atoms with Crippen molar-refractivity contribution < 1.29 is 14.3 Å². The lowest BCUT2D eigenvalue weighted by Crippen LogP contribution is -2.48. The van der Waals surface area contributed by atoms with Crippen LogP contribution in [0.1, 0.15) is 43.0 Å². The van der Waals surface area contributed by atoms with Crippen molar-refractivity contribution in [3.05, 3.63) is 64.7 Å². The van der Waals surface area contributed by atoms with Crippen molar-refractivity contribution in [2.75, 3.05) is 13.7 Å². The summed E-state index contributed by atoms with van der Waals surface area (Å²) in [4.78, 5) is 27.6. The fourth-order valence-electron chi connectivity index (χ4n) is 3.15. The van der Waals surface area contributed by atoms with Gasteiger partial charge in [-0.05, 0) is 61.1 Å². The molecule has 0 aliphatic heterocycles. The first-order valence-electron chi connectivity index (χ1n) is 10.5. The van der Waals surface area contributed by atoms with E-state index in [1.54, 1.807) is 18.9 Å². The third kappa shape index (κ3) is 6.61. The summed E-state index contributed by atoms with van der Waals surface area (Å²) in [6.07, 6.45) is 0.263. The molecule has 2 amide bonds. The molecule has 0 aliphatic carbocycles. The number of nitrogens with one attached hydrogen (secondary N) is 1. The lowest BCUT2D eigenvalue weighted by atomic mass is 10.0. The van der Waals surface area contributed by atoms with Crippen LogP contribution in [0.5, 0.6) is 5.75 Å². The molecular weight excluding hydrogens is 376 g/mol. The molecule has 0 fully saturated rings. The number of carbonyl (C=O) groups excluding carboxylic acids is 2. The smallest absolute Gasteiger partial charge is 0.242 e. The first kappa shape index (κ1) is 23.5. The number of aryl methyl sites for hydroxylation is 2. The summed E-state index contributed by atoms with van der Waals surface area (Å²) in [5.41, 5.74) is 4.26. The molecule has 0 heterocycles. The second-order valence-electron chi connectivity index (χ2n) is 8.28. The molecular formula is C25H34N2O3. The third-order valence-electron chi connectivity index (χ3n) is 5.29. The number of rotatable bonds is 9. The Balaban J connectivity index is 2.22. The SMILES string of the molecule is COc1ccc(CN(C(=O)Cc2ccc(C)c(C)c2)[C@@H](C)C(=O)NCC(C)C)cc1. The van der Waals surface area contributed by atoms with Gasteiger partial charge in [-0.15, -0.1) is 0 Å². The number of ether oxygens (including phenoxy) is 1. The van der Waals surface area contributed by atoms with Gasteiger partial charge >= 0.3 is 0 Å². The van der Waals surface area contributed by atoms with E-state index in [1.165, 1.54) is 5.56 Å². The van der Waals surface area contributed by atoms with Gasteiger partial charge in [-0.2, -0.15) is 0 Å². The number of methoxy groups -OCH3 is 1. The number of benzene rings is 2. The van der Waals surface area contributed by atoms with E-state index >= 15 is 0 Å². The molecule has 0 saturated carbocycles. The van der Waals surface area contributed by atoms with E-state index < -0.39 is 6.04 Å². The largest absolute Gasteiger partial charge is 0.497 e. The highest BCUT2D eigenvalue weighted by molar-refractivity contribution is 5.88. The monoisotopic (exact) mass is 410 g/mol. The second kappa shape index (κ2) is 10.8. The molecule has 2 rings (SSSR count). The minimum Gasteiger partial charge on any atom is -0.497 e. The average Bonchev–Trinajstić information content (AvgIpc) is 2.72. The van der Waals surface area contributed by atoms with Gasteiger partial charge in [0.2, 0.25) is 11.8 Å². The van der Waals surface area contributed by atoms with Crippen LogP contribution in [0.3, 0.4) is 0 Å². The van der Waals surface area contributed by atoms with Crippen LogP contribution in [0.15, 0.2) is 42.5 Å². The van der Waals surface area contributed by atoms with Crippen molar-refractivity contribution in [2.45, 2.75) is 53.6 Å². The quantitative estimate of drug-likeness (QED) is 0.679. The van der Waals surface area contributed by atoms with Crippen LogP contribution in [0, 0.1) is 19.8 Å². The second-order valence-corrected chi connectivity index (χ2v) is 8.28. The topological polar surface area (TPSA) is 58.6 Å². The Morgan fingerprint density at radius 2 is 1.60 bits per heavy atom. The highest BCUT2D eigenvalue weighted by Gasteiger charge is 2.26. The summed E-state index contributed by atoms with van der Waals surface area (Å²) in [7, 11) is 1.62. The molecule has 0 spiro atoms. The van der Waals surface area contributed by atoms with E-state index in [2.05, 4.69) is 12.2 Å². The van der Waals surface area contributed by atoms with E-state index in [4.69, 9.17) is 4.74 Å². The van der Waals surface area contributed by atoms with Crippen LogP contribution in [0.25, 0.3) is 0 Å². The van der Waals surface area contributed by atoms with Crippen molar-refractivity contribution >= 4 is 11.8 Å². The van der Waals surface area contributed by atoms with Crippen LogP contribution in [-0.2, 0) is 22.6 Å². The third-order valence-corrected chi connectivity index (χ3v) is 5.29. The highest BCUT2D eigenvalue weighted by Crippen LogP contribution is 2.17. The number of hydrogen-bond acceptors (Lipinski definition) is 3. The molecule has 162 valence electrons. The lowest BCUT2D eigenvalue weighted by Gasteiger charge is -2.29. The van der Waals surface area contributed by atoms with Gasteiger partial charge < -0.3 is 15.0 Å². The van der Waals surface area contributed by atoms with Gasteiger partial charge in [-0.1, -0.05) is 44.2 Å². The Labute approximate surface area is 180 Å². The van der Waals surface area contributed by atoms with Crippen LogP contribution >= 0.6 is 0 Å². The Morgan fingerprint density at radius 1 is 0.967 bits per heavy atom. The van der Waals surface area contributed by atoms with Crippen LogP contribution in [0.2, 0.25) is 0 Å². The van der Waals surface area contributed by atoms with Crippen LogP contribution < -0.4 is 10.1 Å². The van der Waals surface area contributed by atoms with Gasteiger partial charge in [0.15, 0.2) is 0 Å². The van der Waals surface area contributed by atoms with E-state index in [9.17, 15) is 9.59 Å². The highest BCUT2D eigenvalue weighted by atomic mass is 16.5. The fourth-order valence-corrected chi connectivity index (χ4v) is 3.15. The molecule has 0 unspecified atom stereocenters. The number of nitrogens with zero attached hydrogens (tertiary/aromatic N) is 1. The fraction of sp³-hybridized carbons (Fsp3) is 0.440. The minimum absolute atomic E-state index is 0.0683. The summed E-state index contributed by atoms with van der Waals surface area (Å²) in [6.45, 7) is 10.9. The normalized spacial score (nSPS) is 11.8.